The van der Waals surface area contributed by atoms with E-state index in [-0.39, 0.29) is 29.6 Å². The fourth-order valence-electron chi connectivity index (χ4n) is 6.70. The zero-order valence-corrected chi connectivity index (χ0v) is 21.0. The van der Waals surface area contributed by atoms with Crippen LogP contribution in [0.15, 0.2) is 42.6 Å². The second-order valence-corrected chi connectivity index (χ2v) is 11.0. The summed E-state index contributed by atoms with van der Waals surface area (Å²) in [6, 6.07) is 12.3. The zero-order chi connectivity index (χ0) is 25.3. The molecule has 190 valence electrons. The summed E-state index contributed by atoms with van der Waals surface area (Å²) in [6.07, 6.45) is 4.74. The molecule has 0 aliphatic carbocycles. The Morgan fingerprint density at radius 3 is 2.73 bits per heavy atom. The van der Waals surface area contributed by atoms with Gasteiger partial charge in [0.05, 0.1) is 13.2 Å². The predicted octanol–water partition coefficient (Wildman–Crippen LogP) is 2.87. The Bertz CT molecular complexity index is 1470. The van der Waals surface area contributed by atoms with E-state index >= 15 is 0 Å². The summed E-state index contributed by atoms with van der Waals surface area (Å²) in [6.45, 7) is 3.91. The number of aryl methyl sites for hydroxylation is 1. The highest BCUT2D eigenvalue weighted by Gasteiger charge is 2.47. The Labute approximate surface area is 215 Å². The number of nitrogens with one attached hydrogen (secondary N) is 1. The number of piperidine rings is 2. The van der Waals surface area contributed by atoms with Crippen molar-refractivity contribution in [3.05, 3.63) is 64.8 Å². The lowest BCUT2D eigenvalue weighted by molar-refractivity contribution is -0.136. The highest BCUT2D eigenvalue weighted by Crippen LogP contribution is 2.49. The topological polar surface area (TPSA) is 83.9 Å². The Hall–Kier alpha value is -3.65. The molecule has 4 aliphatic heterocycles. The number of nitrogens with zero attached hydrogens (tertiary/aromatic N) is 3. The van der Waals surface area contributed by atoms with Gasteiger partial charge in [0, 0.05) is 53.8 Å². The number of hydrogen-bond donors (Lipinski definition) is 1. The third kappa shape index (κ3) is 3.49. The maximum atomic E-state index is 13.2. The van der Waals surface area contributed by atoms with Gasteiger partial charge in [-0.1, -0.05) is 18.2 Å². The summed E-state index contributed by atoms with van der Waals surface area (Å²) in [5.41, 5.74) is 5.27. The molecule has 37 heavy (non-hydrogen) atoms. The minimum absolute atomic E-state index is 0.0337. The Balaban J connectivity index is 1.08. The van der Waals surface area contributed by atoms with Crippen molar-refractivity contribution in [1.29, 1.82) is 0 Å². The summed E-state index contributed by atoms with van der Waals surface area (Å²) >= 11 is 0. The number of imide groups is 1. The molecular weight excluding hydrogens is 468 g/mol. The van der Waals surface area contributed by atoms with Crippen molar-refractivity contribution in [3.8, 4) is 5.75 Å². The third-order valence-electron chi connectivity index (χ3n) is 8.90. The van der Waals surface area contributed by atoms with E-state index in [1.807, 2.05) is 6.07 Å². The lowest BCUT2D eigenvalue weighted by atomic mass is 9.74. The van der Waals surface area contributed by atoms with Gasteiger partial charge in [0.15, 0.2) is 0 Å². The maximum Gasteiger partial charge on any atom is 0.255 e. The number of benzene rings is 2. The molecule has 8 heteroatoms. The van der Waals surface area contributed by atoms with E-state index in [0.29, 0.717) is 25.1 Å². The van der Waals surface area contributed by atoms with E-state index in [1.165, 1.54) is 22.0 Å². The summed E-state index contributed by atoms with van der Waals surface area (Å²) in [5.74, 6) is 0.0265. The molecule has 4 aliphatic rings. The van der Waals surface area contributed by atoms with Gasteiger partial charge in [0.2, 0.25) is 11.8 Å². The van der Waals surface area contributed by atoms with Crippen molar-refractivity contribution in [1.82, 2.24) is 19.7 Å². The minimum atomic E-state index is -0.610. The van der Waals surface area contributed by atoms with Crippen LogP contribution in [0.2, 0.25) is 0 Å². The van der Waals surface area contributed by atoms with Crippen molar-refractivity contribution < 1.29 is 19.1 Å². The third-order valence-corrected chi connectivity index (χ3v) is 8.90. The van der Waals surface area contributed by atoms with Gasteiger partial charge in [-0.25, -0.2) is 0 Å². The number of fused-ring (bicyclic) bond motifs is 5. The standard InChI is InChI=1S/C29H30N4O4/c1-31-11-8-19-3-2-18(14-24(19)31)15-32-12-9-29(10-13-32)17-37-26-21-16-33(23-6-7-25(34)30-27(23)35)28(36)20(21)4-5-22(26)29/h2-5,8,11,14,23H,6-7,9-10,12-13,15-17H2,1H3,(H,30,34,35). The van der Waals surface area contributed by atoms with E-state index in [2.05, 4.69) is 58.4 Å². The van der Waals surface area contributed by atoms with E-state index < -0.39 is 6.04 Å². The fourth-order valence-corrected chi connectivity index (χ4v) is 6.70. The van der Waals surface area contributed by atoms with Crippen LogP contribution in [0.25, 0.3) is 10.9 Å². The molecule has 0 radical (unpaired) electrons. The van der Waals surface area contributed by atoms with Gasteiger partial charge in [-0.15, -0.1) is 0 Å². The summed E-state index contributed by atoms with van der Waals surface area (Å²) < 4.78 is 8.48. The lowest BCUT2D eigenvalue weighted by Crippen LogP contribution is -2.52. The molecule has 2 saturated heterocycles. The van der Waals surface area contributed by atoms with Crippen LogP contribution in [0.3, 0.4) is 0 Å². The fraction of sp³-hybridized carbons (Fsp3) is 0.414. The van der Waals surface area contributed by atoms with Crippen molar-refractivity contribution in [2.75, 3.05) is 19.7 Å². The van der Waals surface area contributed by atoms with Gasteiger partial charge in [-0.2, -0.15) is 0 Å². The van der Waals surface area contributed by atoms with Crippen LogP contribution < -0.4 is 10.1 Å². The molecular formula is C29H30N4O4. The molecule has 3 amide bonds. The molecule has 5 heterocycles. The van der Waals surface area contributed by atoms with Crippen molar-refractivity contribution in [2.24, 2.45) is 7.05 Å². The van der Waals surface area contributed by atoms with E-state index in [1.54, 1.807) is 4.90 Å². The molecule has 0 bridgehead atoms. The van der Waals surface area contributed by atoms with Gasteiger partial charge < -0.3 is 14.2 Å². The average Bonchev–Trinajstić information content (AvgIpc) is 3.55. The van der Waals surface area contributed by atoms with Crippen LogP contribution in [0.4, 0.5) is 0 Å². The lowest BCUT2D eigenvalue weighted by Gasteiger charge is -2.38. The van der Waals surface area contributed by atoms with Crippen molar-refractivity contribution in [3.63, 3.8) is 0 Å². The monoisotopic (exact) mass is 498 g/mol. The van der Waals surface area contributed by atoms with Gasteiger partial charge in [0.25, 0.3) is 5.91 Å². The second-order valence-electron chi connectivity index (χ2n) is 11.0. The van der Waals surface area contributed by atoms with Crippen molar-refractivity contribution >= 4 is 28.6 Å². The van der Waals surface area contributed by atoms with Crippen LogP contribution in [-0.4, -0.2) is 57.8 Å². The van der Waals surface area contributed by atoms with E-state index in [9.17, 15) is 14.4 Å². The van der Waals surface area contributed by atoms with E-state index in [0.717, 1.165) is 43.8 Å². The number of amides is 3. The highest BCUT2D eigenvalue weighted by atomic mass is 16.5. The molecule has 0 saturated carbocycles. The number of ether oxygens (including phenoxy) is 1. The highest BCUT2D eigenvalue weighted by molar-refractivity contribution is 6.05. The van der Waals surface area contributed by atoms with Crippen LogP contribution in [-0.2, 0) is 35.1 Å². The van der Waals surface area contributed by atoms with Gasteiger partial charge in [0.1, 0.15) is 11.8 Å². The number of hydrogen-bond acceptors (Lipinski definition) is 5. The number of likely N-dealkylation sites (tertiary alicyclic amines) is 1. The van der Waals surface area contributed by atoms with Crippen LogP contribution in [0, 0.1) is 0 Å². The first kappa shape index (κ1) is 22.5. The number of aromatic nitrogens is 1. The molecule has 8 nitrogen and oxygen atoms in total. The first-order valence-corrected chi connectivity index (χ1v) is 13.1. The minimum Gasteiger partial charge on any atom is -0.492 e. The van der Waals surface area contributed by atoms with Gasteiger partial charge >= 0.3 is 0 Å². The predicted molar refractivity (Wildman–Crippen MR) is 137 cm³/mol. The average molecular weight is 499 g/mol. The van der Waals surface area contributed by atoms with Crippen LogP contribution in [0.1, 0.15) is 52.7 Å². The summed E-state index contributed by atoms with van der Waals surface area (Å²) in [7, 11) is 2.09. The van der Waals surface area contributed by atoms with Gasteiger partial charge in [-0.3, -0.25) is 24.6 Å². The normalized spacial score (nSPS) is 22.9. The Morgan fingerprint density at radius 2 is 1.92 bits per heavy atom. The quantitative estimate of drug-likeness (QED) is 0.562. The maximum absolute atomic E-state index is 13.2. The molecule has 1 unspecified atom stereocenters. The Kier molecular flexibility index (Phi) is 4.98. The molecule has 7 rings (SSSR count). The first-order valence-electron chi connectivity index (χ1n) is 13.1. The summed E-state index contributed by atoms with van der Waals surface area (Å²) in [4.78, 5) is 41.3. The van der Waals surface area contributed by atoms with Crippen molar-refractivity contribution in [2.45, 2.75) is 50.2 Å². The number of carbonyl (C=O) groups excluding carboxylic acids is 3. The molecule has 2 fully saturated rings. The van der Waals surface area contributed by atoms with E-state index in [4.69, 9.17) is 4.74 Å². The molecule has 1 N–H and O–H groups in total. The molecule has 1 spiro atoms. The van der Waals surface area contributed by atoms with Crippen LogP contribution >= 0.6 is 0 Å². The molecule has 2 aromatic carbocycles. The Morgan fingerprint density at radius 1 is 1.08 bits per heavy atom. The smallest absolute Gasteiger partial charge is 0.255 e. The second kappa shape index (κ2) is 8.18. The number of rotatable bonds is 3. The first-order chi connectivity index (χ1) is 17.9. The SMILES string of the molecule is Cn1ccc2ccc(CN3CCC4(CC3)COc3c4ccc4c3CN(C3CCC(=O)NC3=O)C4=O)cc21. The molecule has 1 aromatic heterocycles. The largest absolute Gasteiger partial charge is 0.492 e. The molecule has 1 atom stereocenters. The summed E-state index contributed by atoms with van der Waals surface area (Å²) in [5, 5.41) is 3.64. The molecule has 3 aromatic rings. The van der Waals surface area contributed by atoms with Gasteiger partial charge in [-0.05, 0) is 61.5 Å². The van der Waals surface area contributed by atoms with Crippen LogP contribution in [0.5, 0.6) is 5.75 Å². The zero-order valence-electron chi connectivity index (χ0n) is 21.0. The number of carbonyl (C=O) groups is 3.